The Morgan fingerprint density at radius 2 is 1.80 bits per heavy atom. The minimum absolute atomic E-state index is 0.0944. The molecule has 0 saturated heterocycles. The average molecular weight is 417 g/mol. The maximum absolute atomic E-state index is 12.4. The Morgan fingerprint density at radius 1 is 1.00 bits per heavy atom. The molecule has 9 heteroatoms. The van der Waals surface area contributed by atoms with Gasteiger partial charge >= 0.3 is 0 Å². The lowest BCUT2D eigenvalue weighted by Gasteiger charge is -2.10. The van der Waals surface area contributed by atoms with E-state index in [1.807, 2.05) is 0 Å². The van der Waals surface area contributed by atoms with Crippen molar-refractivity contribution in [3.05, 3.63) is 78.9 Å². The van der Waals surface area contributed by atoms with Crippen LogP contribution in [0.2, 0.25) is 20.2 Å². The van der Waals surface area contributed by atoms with Gasteiger partial charge in [-0.05, 0) is 24.3 Å². The second kappa shape index (κ2) is 7.62. The van der Waals surface area contributed by atoms with Crippen LogP contribution in [0.25, 0.3) is 5.69 Å². The number of pyridine rings is 1. The van der Waals surface area contributed by atoms with Crippen LogP contribution in [-0.4, -0.2) is 14.8 Å². The van der Waals surface area contributed by atoms with Crippen LogP contribution in [0.5, 0.6) is 5.75 Å². The zero-order valence-corrected chi connectivity index (χ0v) is 15.4. The summed E-state index contributed by atoms with van der Waals surface area (Å²) in [6.45, 7) is 0.168. The summed E-state index contributed by atoms with van der Waals surface area (Å²) >= 11 is 23.7. The first-order valence-corrected chi connectivity index (χ1v) is 8.43. The standard InChI is InChI=1S/C16H9Cl4N3O2/c17-11-3-2-10(5-12(11)18)23-16(24)15(20)13(7-22-23)25-8-9-1-4-14(19)21-6-9/h1-7H,8H2. The third-order valence-electron chi connectivity index (χ3n) is 3.22. The maximum Gasteiger partial charge on any atom is 0.294 e. The molecule has 0 radical (unpaired) electrons. The van der Waals surface area contributed by atoms with Crippen LogP contribution in [0.15, 0.2) is 47.5 Å². The third kappa shape index (κ3) is 4.07. The first kappa shape index (κ1) is 18.0. The zero-order valence-electron chi connectivity index (χ0n) is 12.4. The third-order valence-corrected chi connectivity index (χ3v) is 4.53. The Hall–Kier alpha value is -1.79. The number of benzene rings is 1. The van der Waals surface area contributed by atoms with Crippen molar-refractivity contribution in [2.24, 2.45) is 0 Å². The van der Waals surface area contributed by atoms with Crippen LogP contribution in [0.4, 0.5) is 0 Å². The summed E-state index contributed by atoms with van der Waals surface area (Å²) in [5.41, 5.74) is 0.677. The normalized spacial score (nSPS) is 10.7. The fraction of sp³-hybridized carbons (Fsp3) is 0.0625. The van der Waals surface area contributed by atoms with Gasteiger partial charge in [-0.15, -0.1) is 0 Å². The SMILES string of the molecule is O=c1c(Cl)c(OCc2ccc(Cl)nc2)cnn1-c1ccc(Cl)c(Cl)c1. The molecule has 0 saturated carbocycles. The van der Waals surface area contributed by atoms with E-state index < -0.39 is 5.56 Å². The second-order valence-corrected chi connectivity index (χ2v) is 6.50. The molecule has 128 valence electrons. The predicted octanol–water partition coefficient (Wildman–Crippen LogP) is 4.82. The fourth-order valence-corrected chi connectivity index (χ4v) is 2.56. The van der Waals surface area contributed by atoms with Gasteiger partial charge in [0, 0.05) is 11.8 Å². The maximum atomic E-state index is 12.4. The summed E-state index contributed by atoms with van der Waals surface area (Å²) in [6, 6.07) is 8.10. The Balaban J connectivity index is 1.86. The number of nitrogens with zero attached hydrogens (tertiary/aromatic N) is 3. The predicted molar refractivity (Wildman–Crippen MR) is 98.4 cm³/mol. The van der Waals surface area contributed by atoms with Gasteiger partial charge < -0.3 is 4.74 Å². The Morgan fingerprint density at radius 3 is 2.48 bits per heavy atom. The average Bonchev–Trinajstić information content (AvgIpc) is 2.60. The van der Waals surface area contributed by atoms with Crippen LogP contribution < -0.4 is 10.3 Å². The van der Waals surface area contributed by atoms with E-state index >= 15 is 0 Å². The number of hydrogen-bond donors (Lipinski definition) is 0. The monoisotopic (exact) mass is 415 g/mol. The highest BCUT2D eigenvalue weighted by Crippen LogP contribution is 2.25. The van der Waals surface area contributed by atoms with Crippen LogP contribution in [0.3, 0.4) is 0 Å². The van der Waals surface area contributed by atoms with Crippen LogP contribution in [-0.2, 0) is 6.61 Å². The smallest absolute Gasteiger partial charge is 0.294 e. The number of aromatic nitrogens is 3. The van der Waals surface area contributed by atoms with Gasteiger partial charge in [0.05, 0.1) is 21.9 Å². The topological polar surface area (TPSA) is 57.0 Å². The molecule has 0 fully saturated rings. The molecule has 0 unspecified atom stereocenters. The van der Waals surface area contributed by atoms with Crippen LogP contribution in [0.1, 0.15) is 5.56 Å². The lowest BCUT2D eigenvalue weighted by molar-refractivity contribution is 0.303. The second-order valence-electron chi connectivity index (χ2n) is 4.92. The van der Waals surface area contributed by atoms with Gasteiger partial charge in [-0.2, -0.15) is 9.78 Å². The molecule has 0 amide bonds. The molecule has 0 spiro atoms. The van der Waals surface area contributed by atoms with Crippen molar-refractivity contribution in [3.63, 3.8) is 0 Å². The van der Waals surface area contributed by atoms with Crippen LogP contribution in [0, 0.1) is 0 Å². The van der Waals surface area contributed by atoms with Gasteiger partial charge in [-0.1, -0.05) is 52.5 Å². The van der Waals surface area contributed by atoms with Gasteiger partial charge in [0.25, 0.3) is 5.56 Å². The number of ether oxygens (including phenoxy) is 1. The lowest BCUT2D eigenvalue weighted by Crippen LogP contribution is -2.22. The van der Waals surface area contributed by atoms with Crippen molar-refractivity contribution in [2.75, 3.05) is 0 Å². The molecule has 0 aliphatic rings. The van der Waals surface area contributed by atoms with Gasteiger partial charge in [0.15, 0.2) is 10.8 Å². The summed E-state index contributed by atoms with van der Waals surface area (Å²) in [4.78, 5) is 16.4. The largest absolute Gasteiger partial charge is 0.485 e. The molecular formula is C16H9Cl4N3O2. The molecule has 3 aromatic rings. The Kier molecular flexibility index (Phi) is 5.49. The molecule has 5 nitrogen and oxygen atoms in total. The summed E-state index contributed by atoms with van der Waals surface area (Å²) in [7, 11) is 0. The van der Waals surface area contributed by atoms with Crippen molar-refractivity contribution < 1.29 is 4.74 Å². The quantitative estimate of drug-likeness (QED) is 0.572. The summed E-state index contributed by atoms with van der Waals surface area (Å²) < 4.78 is 6.65. The van der Waals surface area contributed by atoms with Gasteiger partial charge in [0.2, 0.25) is 0 Å². The molecule has 3 rings (SSSR count). The number of hydrogen-bond acceptors (Lipinski definition) is 4. The highest BCUT2D eigenvalue weighted by atomic mass is 35.5. The molecular weight excluding hydrogens is 408 g/mol. The first-order valence-electron chi connectivity index (χ1n) is 6.92. The van der Waals surface area contributed by atoms with Crippen molar-refractivity contribution >= 4 is 46.4 Å². The molecule has 0 bridgehead atoms. The van der Waals surface area contributed by atoms with E-state index in [4.69, 9.17) is 51.1 Å². The lowest BCUT2D eigenvalue weighted by atomic mass is 10.3. The molecule has 0 atom stereocenters. The van der Waals surface area contributed by atoms with E-state index in [0.29, 0.717) is 20.9 Å². The van der Waals surface area contributed by atoms with Gasteiger partial charge in [0.1, 0.15) is 11.8 Å². The van der Waals surface area contributed by atoms with Crippen molar-refractivity contribution in [1.82, 2.24) is 14.8 Å². The van der Waals surface area contributed by atoms with Crippen LogP contribution >= 0.6 is 46.4 Å². The molecule has 2 heterocycles. The number of halogens is 4. The highest BCUT2D eigenvalue weighted by Gasteiger charge is 2.13. The van der Waals surface area contributed by atoms with Crippen molar-refractivity contribution in [3.8, 4) is 11.4 Å². The molecule has 25 heavy (non-hydrogen) atoms. The van der Waals surface area contributed by atoms with Gasteiger partial charge in [-0.3, -0.25) is 4.79 Å². The summed E-state index contributed by atoms with van der Waals surface area (Å²) in [5, 5.41) is 5.03. The minimum Gasteiger partial charge on any atom is -0.485 e. The van der Waals surface area contributed by atoms with E-state index in [9.17, 15) is 4.79 Å². The van der Waals surface area contributed by atoms with E-state index in [1.165, 1.54) is 12.3 Å². The van der Waals surface area contributed by atoms with Crippen molar-refractivity contribution in [1.29, 1.82) is 0 Å². The molecule has 0 aliphatic heterocycles. The Labute approximate surface area is 162 Å². The van der Waals surface area contributed by atoms with E-state index in [-0.39, 0.29) is 17.4 Å². The zero-order chi connectivity index (χ0) is 18.0. The van der Waals surface area contributed by atoms with E-state index in [1.54, 1.807) is 30.5 Å². The highest BCUT2D eigenvalue weighted by molar-refractivity contribution is 6.42. The molecule has 0 aliphatic carbocycles. The van der Waals surface area contributed by atoms with E-state index in [2.05, 4.69) is 10.1 Å². The molecule has 1 aromatic carbocycles. The minimum atomic E-state index is -0.535. The first-order chi connectivity index (χ1) is 12.0. The van der Waals surface area contributed by atoms with Gasteiger partial charge in [-0.25, -0.2) is 4.98 Å². The molecule has 2 aromatic heterocycles. The summed E-state index contributed by atoms with van der Waals surface area (Å²) in [5.74, 6) is 0.165. The van der Waals surface area contributed by atoms with Crippen molar-refractivity contribution in [2.45, 2.75) is 6.61 Å². The Bertz CT molecular complexity index is 974. The number of rotatable bonds is 4. The summed E-state index contributed by atoms with van der Waals surface area (Å²) in [6.07, 6.45) is 2.93. The molecule has 0 N–H and O–H groups in total. The van der Waals surface area contributed by atoms with E-state index in [0.717, 1.165) is 10.2 Å². The fourth-order valence-electron chi connectivity index (χ4n) is 1.97.